The molecule has 0 atom stereocenters. The fourth-order valence-corrected chi connectivity index (χ4v) is 4.25. The molecule has 0 saturated heterocycles. The van der Waals surface area contributed by atoms with E-state index in [1.165, 1.54) is 51.4 Å². The van der Waals surface area contributed by atoms with E-state index >= 15 is 0 Å². The van der Waals surface area contributed by atoms with E-state index in [1.54, 1.807) is 6.92 Å². The number of aliphatic hydroxyl groups is 2. The van der Waals surface area contributed by atoms with E-state index < -0.39 is 0 Å². The summed E-state index contributed by atoms with van der Waals surface area (Å²) in [7, 11) is 0. The monoisotopic (exact) mass is 711 g/mol. The van der Waals surface area contributed by atoms with Gasteiger partial charge in [0.1, 0.15) is 5.78 Å². The normalized spacial score (nSPS) is 12.0. The summed E-state index contributed by atoms with van der Waals surface area (Å²) in [5, 5.41) is 19.0. The molecule has 5 N–H and O–H groups in total. The van der Waals surface area contributed by atoms with E-state index in [4.69, 9.17) is 15.9 Å². The van der Waals surface area contributed by atoms with Crippen LogP contribution < -0.4 is 11.1 Å². The first-order valence-electron chi connectivity index (χ1n) is 19.9. The number of hydrogen-bond donors (Lipinski definition) is 4. The summed E-state index contributed by atoms with van der Waals surface area (Å²) < 4.78 is 0. The Bertz CT molecular complexity index is 955. The SMILES string of the molecule is CCCCC/C=C\C/C=C\C/C=C\C/C=C\CCCC(=O)NCCO.CCCCC/C=C\C/C=C\C/C=C\C/C=C\CCCC(C)=O.NCCO. The van der Waals surface area contributed by atoms with Gasteiger partial charge in [-0.1, -0.05) is 137 Å². The van der Waals surface area contributed by atoms with Crippen molar-refractivity contribution >= 4 is 11.7 Å². The van der Waals surface area contributed by atoms with Gasteiger partial charge in [0.2, 0.25) is 5.91 Å². The number of hydrogen-bond acceptors (Lipinski definition) is 5. The second-order valence-corrected chi connectivity index (χ2v) is 12.2. The number of Topliss-reactive ketones (excluding diaryl/α,β-unsaturated/α-hetero) is 1. The summed E-state index contributed by atoms with van der Waals surface area (Å²) in [5.74, 6) is 0.306. The van der Waals surface area contributed by atoms with Crippen LogP contribution in [0.2, 0.25) is 0 Å². The Morgan fingerprint density at radius 3 is 1.10 bits per heavy atom. The third-order valence-corrected chi connectivity index (χ3v) is 7.15. The minimum Gasteiger partial charge on any atom is -0.395 e. The number of carbonyl (C=O) groups excluding carboxylic acids is 2. The van der Waals surface area contributed by atoms with Gasteiger partial charge in [-0.2, -0.15) is 0 Å². The van der Waals surface area contributed by atoms with E-state index in [0.717, 1.165) is 64.2 Å². The van der Waals surface area contributed by atoms with Crippen LogP contribution in [0.4, 0.5) is 0 Å². The first-order chi connectivity index (χ1) is 25.0. The number of aliphatic hydroxyl groups excluding tert-OH is 2. The summed E-state index contributed by atoms with van der Waals surface area (Å²) in [5.41, 5.74) is 4.78. The van der Waals surface area contributed by atoms with Gasteiger partial charge in [-0.15, -0.1) is 0 Å². The second kappa shape index (κ2) is 51.3. The lowest BCUT2D eigenvalue weighted by Gasteiger charge is -2.00. The Hall–Kier alpha value is -3.06. The number of unbranched alkanes of at least 4 members (excludes halogenated alkanes) is 8. The van der Waals surface area contributed by atoms with Gasteiger partial charge >= 0.3 is 0 Å². The zero-order valence-corrected chi connectivity index (χ0v) is 33.0. The average Bonchev–Trinajstić information content (AvgIpc) is 3.13. The Morgan fingerprint density at radius 1 is 0.490 bits per heavy atom. The molecule has 6 nitrogen and oxygen atoms in total. The molecule has 6 heteroatoms. The molecule has 0 unspecified atom stereocenters. The number of allylic oxidation sites excluding steroid dienone is 16. The number of ketones is 1. The lowest BCUT2D eigenvalue weighted by Crippen LogP contribution is -2.25. The van der Waals surface area contributed by atoms with Crippen molar-refractivity contribution in [1.82, 2.24) is 5.32 Å². The Balaban J connectivity index is -0.000000821. The van der Waals surface area contributed by atoms with Gasteiger partial charge in [-0.05, 0) is 96.8 Å². The van der Waals surface area contributed by atoms with Gasteiger partial charge in [0.25, 0.3) is 0 Å². The molecule has 0 aliphatic heterocycles. The molecular formula is C45H78N2O4. The Morgan fingerprint density at radius 2 is 0.804 bits per heavy atom. The van der Waals surface area contributed by atoms with Crippen LogP contribution in [0.15, 0.2) is 97.2 Å². The minimum absolute atomic E-state index is 0.00289. The largest absolute Gasteiger partial charge is 0.395 e. The Labute approximate surface area is 314 Å². The molecule has 1 amide bonds. The van der Waals surface area contributed by atoms with Crippen LogP contribution in [0.1, 0.15) is 149 Å². The van der Waals surface area contributed by atoms with Crippen LogP contribution in [0, 0.1) is 0 Å². The standard InChI is InChI=1S/C22H37NO2.C21H34O.C2H7NO/c1-2-3-4-5-6-7-8-9-10-11-12-13-14-15-16-17-18-19-22(25)23-20-21-24;1-3-4-5-6-7-8-9-10-11-12-13-14-15-16-17-18-19-20-21(2)22;3-1-2-4/h6-7,9-10,12-13,15-16,24H,2-5,8,11,14,17-21H2,1H3,(H,23,25);7-8,10-11,13-14,16-17H,3-6,9,12,15,18-20H2,1-2H3;4H,1-3H2/b7-6-,10-9-,13-12-,16-15-;8-7-,11-10-,14-13-,17-16-;. The molecule has 0 saturated carbocycles. The molecule has 0 aromatic rings. The van der Waals surface area contributed by atoms with Gasteiger partial charge < -0.3 is 26.1 Å². The van der Waals surface area contributed by atoms with Crippen LogP contribution in [0.3, 0.4) is 0 Å². The average molecular weight is 711 g/mol. The minimum atomic E-state index is 0.00289. The molecule has 292 valence electrons. The molecule has 0 heterocycles. The zero-order valence-electron chi connectivity index (χ0n) is 33.0. The fraction of sp³-hybridized carbons (Fsp3) is 0.600. The van der Waals surface area contributed by atoms with Crippen molar-refractivity contribution in [1.29, 1.82) is 0 Å². The van der Waals surface area contributed by atoms with Crippen molar-refractivity contribution in [3.8, 4) is 0 Å². The van der Waals surface area contributed by atoms with Crippen molar-refractivity contribution < 1.29 is 19.8 Å². The Kier molecular flexibility index (Phi) is 52.6. The molecule has 0 aliphatic rings. The van der Waals surface area contributed by atoms with Gasteiger partial charge in [0, 0.05) is 25.9 Å². The maximum atomic E-state index is 11.3. The number of nitrogens with two attached hydrogens (primary N) is 1. The van der Waals surface area contributed by atoms with E-state index in [1.807, 2.05) is 0 Å². The molecule has 51 heavy (non-hydrogen) atoms. The summed E-state index contributed by atoms with van der Waals surface area (Å²) in [6.07, 6.45) is 56.7. The third-order valence-electron chi connectivity index (χ3n) is 7.15. The van der Waals surface area contributed by atoms with E-state index in [-0.39, 0.29) is 24.9 Å². The molecule has 0 aromatic heterocycles. The second-order valence-electron chi connectivity index (χ2n) is 12.2. The highest BCUT2D eigenvalue weighted by Gasteiger charge is 1.97. The maximum Gasteiger partial charge on any atom is 0.220 e. The molecule has 0 rings (SSSR count). The smallest absolute Gasteiger partial charge is 0.220 e. The molecule has 0 bridgehead atoms. The van der Waals surface area contributed by atoms with E-state index in [0.29, 0.717) is 25.9 Å². The van der Waals surface area contributed by atoms with Crippen molar-refractivity contribution in [2.75, 3.05) is 26.3 Å². The summed E-state index contributed by atoms with van der Waals surface area (Å²) in [6.45, 7) is 6.96. The van der Waals surface area contributed by atoms with Crippen LogP contribution in [-0.4, -0.2) is 48.2 Å². The summed E-state index contributed by atoms with van der Waals surface area (Å²) >= 11 is 0. The highest BCUT2D eigenvalue weighted by atomic mass is 16.3. The third kappa shape index (κ3) is 59.4. The van der Waals surface area contributed by atoms with Gasteiger partial charge in [-0.25, -0.2) is 0 Å². The highest BCUT2D eigenvalue weighted by Crippen LogP contribution is 2.03. The lowest BCUT2D eigenvalue weighted by molar-refractivity contribution is -0.121. The predicted molar refractivity (Wildman–Crippen MR) is 224 cm³/mol. The predicted octanol–water partition coefficient (Wildman–Crippen LogP) is 10.9. The first-order valence-corrected chi connectivity index (χ1v) is 19.9. The molecule has 0 fully saturated rings. The summed E-state index contributed by atoms with van der Waals surface area (Å²) in [6, 6.07) is 0. The maximum absolute atomic E-state index is 11.3. The first kappa shape index (κ1) is 52.3. The molecule has 0 spiro atoms. The lowest BCUT2D eigenvalue weighted by atomic mass is 10.2. The number of rotatable bonds is 31. The van der Waals surface area contributed by atoms with Gasteiger partial charge in [0.15, 0.2) is 0 Å². The van der Waals surface area contributed by atoms with Crippen molar-refractivity contribution in [3.05, 3.63) is 97.2 Å². The van der Waals surface area contributed by atoms with Crippen molar-refractivity contribution in [3.63, 3.8) is 0 Å². The molecule has 0 radical (unpaired) electrons. The van der Waals surface area contributed by atoms with Gasteiger partial charge in [-0.3, -0.25) is 4.79 Å². The van der Waals surface area contributed by atoms with Crippen LogP contribution in [0.5, 0.6) is 0 Å². The van der Waals surface area contributed by atoms with E-state index in [9.17, 15) is 9.59 Å². The molecular weight excluding hydrogens is 633 g/mol. The zero-order chi connectivity index (χ0) is 38.1. The quantitative estimate of drug-likeness (QED) is 0.0422. The number of amides is 1. The molecule has 0 aliphatic carbocycles. The molecule has 0 aromatic carbocycles. The summed E-state index contributed by atoms with van der Waals surface area (Å²) in [4.78, 5) is 22.1. The van der Waals surface area contributed by atoms with E-state index in [2.05, 4.69) is 116 Å². The van der Waals surface area contributed by atoms with Crippen molar-refractivity contribution in [2.24, 2.45) is 5.73 Å². The van der Waals surface area contributed by atoms with Gasteiger partial charge in [0.05, 0.1) is 13.2 Å². The van der Waals surface area contributed by atoms with Crippen LogP contribution in [-0.2, 0) is 9.59 Å². The van der Waals surface area contributed by atoms with Crippen molar-refractivity contribution in [2.45, 2.75) is 149 Å². The highest BCUT2D eigenvalue weighted by molar-refractivity contribution is 5.75. The fourth-order valence-electron chi connectivity index (χ4n) is 4.25. The number of nitrogens with one attached hydrogen (secondary N) is 1. The number of carbonyl (C=O) groups is 2. The van der Waals surface area contributed by atoms with Crippen LogP contribution >= 0.6 is 0 Å². The van der Waals surface area contributed by atoms with Crippen LogP contribution in [0.25, 0.3) is 0 Å². The topological polar surface area (TPSA) is 113 Å².